The largest absolute Gasteiger partial charge is 0.353 e. The average Bonchev–Trinajstić information content (AvgIpc) is 2.63. The number of nitrogens with zero attached hydrogens (tertiary/aromatic N) is 2. The predicted octanol–water partition coefficient (Wildman–Crippen LogP) is 1.16. The lowest BCUT2D eigenvalue weighted by Crippen LogP contribution is -2.36. The second-order valence-electron chi connectivity index (χ2n) is 4.04. The number of likely N-dealkylation sites (N-methyl/N-ethyl adjacent to an activating group) is 1. The van der Waals surface area contributed by atoms with E-state index in [1.165, 1.54) is 36.7 Å². The van der Waals surface area contributed by atoms with Crippen LogP contribution in [0.15, 0.2) is 4.99 Å². The van der Waals surface area contributed by atoms with E-state index in [2.05, 4.69) is 22.3 Å². The van der Waals surface area contributed by atoms with Gasteiger partial charge in [0, 0.05) is 25.4 Å². The summed E-state index contributed by atoms with van der Waals surface area (Å²) in [6.07, 6.45) is 4.08. The molecule has 0 aromatic carbocycles. The molecule has 0 spiro atoms. The molecule has 1 N–H and O–H groups in total. The van der Waals surface area contributed by atoms with Crippen molar-refractivity contribution in [3.05, 3.63) is 0 Å². The van der Waals surface area contributed by atoms with Crippen molar-refractivity contribution in [1.29, 1.82) is 0 Å². The third-order valence-electron chi connectivity index (χ3n) is 2.84. The topological polar surface area (TPSA) is 27.6 Å². The molecule has 1 atom stereocenters. The maximum absolute atomic E-state index is 4.48. The number of hydrogen-bond donors (Lipinski definition) is 1. The average molecular weight is 213 g/mol. The maximum Gasteiger partial charge on any atom is 0.159 e. The number of piperidine rings is 1. The fraction of sp³-hybridized carbons (Fsp3) is 0.900. The highest BCUT2D eigenvalue weighted by molar-refractivity contribution is 8.13. The summed E-state index contributed by atoms with van der Waals surface area (Å²) in [7, 11) is 2.13. The molecule has 0 radical (unpaired) electrons. The monoisotopic (exact) mass is 213 g/mol. The highest BCUT2D eigenvalue weighted by Crippen LogP contribution is 2.17. The third kappa shape index (κ3) is 2.64. The normalized spacial score (nSPS) is 27.9. The van der Waals surface area contributed by atoms with E-state index in [-0.39, 0.29) is 0 Å². The van der Waals surface area contributed by atoms with Gasteiger partial charge in [-0.2, -0.15) is 0 Å². The lowest BCUT2D eigenvalue weighted by Gasteiger charge is -2.23. The Morgan fingerprint density at radius 3 is 3.14 bits per heavy atom. The molecule has 2 aliphatic heterocycles. The van der Waals surface area contributed by atoms with Crippen LogP contribution in [0.4, 0.5) is 0 Å². The van der Waals surface area contributed by atoms with Crippen LogP contribution in [0, 0.1) is 0 Å². The molecule has 1 fully saturated rings. The van der Waals surface area contributed by atoms with Crippen LogP contribution in [-0.2, 0) is 0 Å². The van der Waals surface area contributed by atoms with Crippen LogP contribution in [0.3, 0.4) is 0 Å². The van der Waals surface area contributed by atoms with E-state index < -0.39 is 0 Å². The number of nitrogens with one attached hydrogen (secondary N) is 1. The molecule has 0 aromatic heterocycles. The molecule has 0 bridgehead atoms. The van der Waals surface area contributed by atoms with E-state index in [4.69, 9.17) is 0 Å². The zero-order valence-corrected chi connectivity index (χ0v) is 9.65. The van der Waals surface area contributed by atoms with E-state index in [1.54, 1.807) is 0 Å². The minimum absolute atomic E-state index is 0.713. The van der Waals surface area contributed by atoms with Gasteiger partial charge in [-0.25, -0.2) is 0 Å². The molecule has 2 heterocycles. The first kappa shape index (κ1) is 10.3. The van der Waals surface area contributed by atoms with Crippen LogP contribution in [0.1, 0.15) is 19.3 Å². The van der Waals surface area contributed by atoms with Gasteiger partial charge in [0.05, 0.1) is 6.54 Å². The van der Waals surface area contributed by atoms with Gasteiger partial charge < -0.3 is 10.2 Å². The van der Waals surface area contributed by atoms with E-state index in [0.29, 0.717) is 6.04 Å². The molecule has 2 rings (SSSR count). The summed E-state index contributed by atoms with van der Waals surface area (Å²) in [5.74, 6) is 1.18. The highest BCUT2D eigenvalue weighted by atomic mass is 32.2. The van der Waals surface area contributed by atoms with E-state index in [0.717, 1.165) is 13.1 Å². The SMILES string of the molecule is CN1CCN=C1SCC1CCCCN1. The molecule has 3 nitrogen and oxygen atoms in total. The van der Waals surface area contributed by atoms with E-state index >= 15 is 0 Å². The Bertz CT molecular complexity index is 211. The molecule has 80 valence electrons. The Hall–Kier alpha value is -0.220. The predicted molar refractivity (Wildman–Crippen MR) is 63.0 cm³/mol. The van der Waals surface area contributed by atoms with Crippen LogP contribution in [-0.4, -0.2) is 48.5 Å². The van der Waals surface area contributed by atoms with Crippen molar-refractivity contribution in [1.82, 2.24) is 10.2 Å². The van der Waals surface area contributed by atoms with Crippen molar-refractivity contribution in [3.63, 3.8) is 0 Å². The fourth-order valence-corrected chi connectivity index (χ4v) is 3.04. The molecule has 1 saturated heterocycles. The van der Waals surface area contributed by atoms with Crippen LogP contribution in [0.2, 0.25) is 0 Å². The molecule has 0 saturated carbocycles. The number of aliphatic imine (C=N–C) groups is 1. The summed E-state index contributed by atoms with van der Waals surface area (Å²) in [6.45, 7) is 3.28. The number of rotatable bonds is 2. The first-order valence-electron chi connectivity index (χ1n) is 5.48. The first-order chi connectivity index (χ1) is 6.86. The van der Waals surface area contributed by atoms with Crippen molar-refractivity contribution >= 4 is 16.9 Å². The number of hydrogen-bond acceptors (Lipinski definition) is 4. The zero-order chi connectivity index (χ0) is 9.80. The Labute approximate surface area is 90.3 Å². The van der Waals surface area contributed by atoms with Crippen LogP contribution < -0.4 is 5.32 Å². The van der Waals surface area contributed by atoms with Crippen LogP contribution >= 0.6 is 11.8 Å². The maximum atomic E-state index is 4.48. The van der Waals surface area contributed by atoms with Gasteiger partial charge in [-0.05, 0) is 19.4 Å². The molecule has 0 amide bonds. The molecule has 1 unspecified atom stereocenters. The summed E-state index contributed by atoms with van der Waals surface area (Å²) in [5.41, 5.74) is 0. The smallest absolute Gasteiger partial charge is 0.159 e. The van der Waals surface area contributed by atoms with Gasteiger partial charge in [0.15, 0.2) is 5.17 Å². The summed E-state index contributed by atoms with van der Waals surface area (Å²) in [4.78, 5) is 6.74. The summed E-state index contributed by atoms with van der Waals surface area (Å²) < 4.78 is 0. The van der Waals surface area contributed by atoms with Crippen molar-refractivity contribution < 1.29 is 0 Å². The van der Waals surface area contributed by atoms with Crippen LogP contribution in [0.5, 0.6) is 0 Å². The minimum Gasteiger partial charge on any atom is -0.353 e. The molecule has 4 heteroatoms. The summed E-state index contributed by atoms with van der Waals surface area (Å²) >= 11 is 1.91. The van der Waals surface area contributed by atoms with Gasteiger partial charge in [-0.15, -0.1) is 0 Å². The molecule has 2 aliphatic rings. The fourth-order valence-electron chi connectivity index (χ4n) is 1.91. The van der Waals surface area contributed by atoms with Crippen LogP contribution in [0.25, 0.3) is 0 Å². The molecule has 0 aromatic rings. The minimum atomic E-state index is 0.713. The second kappa shape index (κ2) is 5.03. The quantitative estimate of drug-likeness (QED) is 0.746. The Morgan fingerprint density at radius 2 is 2.50 bits per heavy atom. The number of thioether (sulfide) groups is 1. The molecular formula is C10H19N3S. The Morgan fingerprint density at radius 1 is 1.57 bits per heavy atom. The van der Waals surface area contributed by atoms with Gasteiger partial charge in [0.25, 0.3) is 0 Å². The molecular weight excluding hydrogens is 194 g/mol. The van der Waals surface area contributed by atoms with Gasteiger partial charge in [-0.3, -0.25) is 4.99 Å². The van der Waals surface area contributed by atoms with Gasteiger partial charge in [-0.1, -0.05) is 18.2 Å². The lowest BCUT2D eigenvalue weighted by molar-refractivity contribution is 0.430. The zero-order valence-electron chi connectivity index (χ0n) is 8.83. The highest BCUT2D eigenvalue weighted by Gasteiger charge is 2.17. The Kier molecular flexibility index (Phi) is 3.70. The number of amidine groups is 1. The summed E-state index contributed by atoms with van der Waals surface area (Å²) in [6, 6.07) is 0.713. The van der Waals surface area contributed by atoms with E-state index in [9.17, 15) is 0 Å². The van der Waals surface area contributed by atoms with Gasteiger partial charge >= 0.3 is 0 Å². The van der Waals surface area contributed by atoms with Crippen molar-refractivity contribution in [2.24, 2.45) is 4.99 Å². The van der Waals surface area contributed by atoms with Crippen molar-refractivity contribution in [3.8, 4) is 0 Å². The summed E-state index contributed by atoms with van der Waals surface area (Å²) in [5, 5.41) is 4.80. The standard InChI is InChI=1S/C10H19N3S/c1-13-7-6-12-10(13)14-8-9-4-2-3-5-11-9/h9,11H,2-8H2,1H3. The molecule has 14 heavy (non-hydrogen) atoms. The third-order valence-corrected chi connectivity index (χ3v) is 4.10. The van der Waals surface area contributed by atoms with Crippen molar-refractivity contribution in [2.75, 3.05) is 32.4 Å². The van der Waals surface area contributed by atoms with E-state index in [1.807, 2.05) is 11.8 Å². The first-order valence-corrected chi connectivity index (χ1v) is 6.46. The van der Waals surface area contributed by atoms with Gasteiger partial charge in [0.1, 0.15) is 0 Å². The second-order valence-corrected chi connectivity index (χ2v) is 5.03. The van der Waals surface area contributed by atoms with Crippen molar-refractivity contribution in [2.45, 2.75) is 25.3 Å². The molecule has 0 aliphatic carbocycles. The van der Waals surface area contributed by atoms with Gasteiger partial charge in [0.2, 0.25) is 0 Å². The Balaban J connectivity index is 1.70. The lowest BCUT2D eigenvalue weighted by atomic mass is 10.1.